The standard InChI is InChI=1S/C3H7FN4O2/c4-3(7-8-5)6-1-2(9)10/h8H,1,5H2,(H,6,7)(H,9,10). The molecule has 0 saturated heterocycles. The Labute approximate surface area is 55.9 Å². The van der Waals surface area contributed by atoms with Crippen LogP contribution in [0.1, 0.15) is 0 Å². The molecule has 0 aliphatic carbocycles. The molecule has 0 atom stereocenters. The number of carbonyl (C=O) groups is 1. The van der Waals surface area contributed by atoms with Crippen LogP contribution >= 0.6 is 0 Å². The van der Waals surface area contributed by atoms with Crippen LogP contribution in [-0.4, -0.2) is 23.7 Å². The van der Waals surface area contributed by atoms with Gasteiger partial charge in [0.05, 0.1) is 0 Å². The van der Waals surface area contributed by atoms with Crippen molar-refractivity contribution in [3.05, 3.63) is 0 Å². The molecule has 0 saturated carbocycles. The van der Waals surface area contributed by atoms with Crippen molar-refractivity contribution in [1.29, 1.82) is 0 Å². The van der Waals surface area contributed by atoms with Crippen LogP contribution < -0.4 is 16.7 Å². The van der Waals surface area contributed by atoms with Crippen LogP contribution in [0.4, 0.5) is 4.39 Å². The normalized spacial score (nSPS) is 10.8. The molecular weight excluding hydrogens is 143 g/mol. The average molecular weight is 150 g/mol. The van der Waals surface area contributed by atoms with E-state index < -0.39 is 18.6 Å². The Hall–Kier alpha value is -1.37. The van der Waals surface area contributed by atoms with Gasteiger partial charge >= 0.3 is 12.1 Å². The summed E-state index contributed by atoms with van der Waals surface area (Å²) in [6.45, 7) is -0.531. The van der Waals surface area contributed by atoms with Gasteiger partial charge in [-0.05, 0) is 0 Å². The summed E-state index contributed by atoms with van der Waals surface area (Å²) in [5.41, 5.74) is 1.65. The van der Waals surface area contributed by atoms with E-state index in [4.69, 9.17) is 5.11 Å². The Bertz CT molecular complexity index is 147. The average Bonchev–Trinajstić information content (AvgIpc) is 1.85. The summed E-state index contributed by atoms with van der Waals surface area (Å²) in [5, 5.41) is 12.6. The largest absolute Gasteiger partial charge is 0.480 e. The summed E-state index contributed by atoms with van der Waals surface area (Å²) < 4.78 is 12.0. The first-order valence-electron chi connectivity index (χ1n) is 2.31. The Morgan fingerprint density at radius 1 is 1.80 bits per heavy atom. The molecule has 0 aromatic heterocycles. The lowest BCUT2D eigenvalue weighted by atomic mass is 10.7. The maximum absolute atomic E-state index is 12.0. The highest BCUT2D eigenvalue weighted by Crippen LogP contribution is 1.70. The molecule has 58 valence electrons. The Morgan fingerprint density at radius 3 is 2.80 bits per heavy atom. The molecule has 0 bridgehead atoms. The van der Waals surface area contributed by atoms with E-state index in [0.717, 1.165) is 0 Å². The lowest BCUT2D eigenvalue weighted by Crippen LogP contribution is -2.29. The van der Waals surface area contributed by atoms with E-state index in [2.05, 4.69) is 10.9 Å². The fraction of sp³-hybridized carbons (Fsp3) is 0.333. The molecule has 0 aromatic carbocycles. The molecule has 0 amide bonds. The van der Waals surface area contributed by atoms with Crippen molar-refractivity contribution in [2.45, 2.75) is 0 Å². The number of halogens is 1. The molecule has 7 heteroatoms. The van der Waals surface area contributed by atoms with E-state index in [0.29, 0.717) is 0 Å². The van der Waals surface area contributed by atoms with Crippen LogP contribution in [0, 0.1) is 0 Å². The minimum Gasteiger partial charge on any atom is -0.480 e. The number of amidine groups is 1. The highest BCUT2D eigenvalue weighted by atomic mass is 19.1. The molecular formula is C3H7FN4O2. The number of rotatable bonds is 3. The lowest BCUT2D eigenvalue weighted by molar-refractivity contribution is -0.135. The van der Waals surface area contributed by atoms with Crippen molar-refractivity contribution in [3.8, 4) is 0 Å². The monoisotopic (exact) mass is 150 g/mol. The Kier molecular flexibility index (Phi) is 3.89. The fourth-order valence-electron chi connectivity index (χ4n) is 0.245. The number of nitrogens with two attached hydrogens (primary N) is 1. The molecule has 0 heterocycles. The molecule has 0 unspecified atom stereocenters. The first-order chi connectivity index (χ1) is 4.66. The van der Waals surface area contributed by atoms with Crippen molar-refractivity contribution >= 4 is 12.1 Å². The van der Waals surface area contributed by atoms with E-state index in [-0.39, 0.29) is 0 Å². The van der Waals surface area contributed by atoms with Crippen molar-refractivity contribution in [2.24, 2.45) is 10.9 Å². The third-order valence-electron chi connectivity index (χ3n) is 0.548. The number of carboxylic acid groups (broad SMARTS) is 1. The van der Waals surface area contributed by atoms with Crippen molar-refractivity contribution in [1.82, 2.24) is 10.9 Å². The Morgan fingerprint density at radius 2 is 2.40 bits per heavy atom. The van der Waals surface area contributed by atoms with Crippen molar-refractivity contribution in [2.75, 3.05) is 6.54 Å². The highest BCUT2D eigenvalue weighted by molar-refractivity contribution is 5.78. The Balaban J connectivity index is 3.48. The molecule has 10 heavy (non-hydrogen) atoms. The van der Waals surface area contributed by atoms with Crippen molar-refractivity contribution in [3.63, 3.8) is 0 Å². The van der Waals surface area contributed by atoms with Gasteiger partial charge in [0, 0.05) is 0 Å². The first kappa shape index (κ1) is 8.63. The summed E-state index contributed by atoms with van der Waals surface area (Å²) in [4.78, 5) is 9.77. The zero-order chi connectivity index (χ0) is 7.98. The molecule has 6 nitrogen and oxygen atoms in total. The van der Waals surface area contributed by atoms with Gasteiger partial charge in [-0.25, -0.2) is 11.4 Å². The van der Waals surface area contributed by atoms with E-state index in [1.165, 1.54) is 0 Å². The van der Waals surface area contributed by atoms with Gasteiger partial charge < -0.3 is 10.4 Å². The summed E-state index contributed by atoms with van der Waals surface area (Å²) in [6, 6.07) is 0. The number of hydrazone groups is 1. The number of hydrazine groups is 1. The minimum atomic E-state index is -1.18. The lowest BCUT2D eigenvalue weighted by Gasteiger charge is -1.95. The SMILES string of the molecule is NN/N=C(/F)NCC(=O)O. The maximum Gasteiger partial charge on any atom is 0.323 e. The van der Waals surface area contributed by atoms with E-state index in [1.807, 2.05) is 5.32 Å². The molecule has 5 N–H and O–H groups in total. The first-order valence-corrected chi connectivity index (χ1v) is 2.31. The predicted molar refractivity (Wildman–Crippen MR) is 31.5 cm³/mol. The quantitative estimate of drug-likeness (QED) is 0.127. The van der Waals surface area contributed by atoms with Gasteiger partial charge in [0.25, 0.3) is 0 Å². The van der Waals surface area contributed by atoms with Crippen LogP contribution in [-0.2, 0) is 4.79 Å². The number of nitrogens with one attached hydrogen (secondary N) is 2. The number of carboxylic acids is 1. The van der Waals surface area contributed by atoms with Crippen LogP contribution in [0.2, 0.25) is 0 Å². The molecule has 0 spiro atoms. The highest BCUT2D eigenvalue weighted by Gasteiger charge is 1.97. The number of hydrogen-bond donors (Lipinski definition) is 4. The van der Waals surface area contributed by atoms with E-state index >= 15 is 0 Å². The molecule has 0 rings (SSSR count). The smallest absolute Gasteiger partial charge is 0.323 e. The minimum absolute atomic E-state index is 0.531. The molecule has 0 aliphatic heterocycles. The predicted octanol–water partition coefficient (Wildman–Crippen LogP) is -1.64. The van der Waals surface area contributed by atoms with Gasteiger partial charge in [0.1, 0.15) is 6.54 Å². The second kappa shape index (κ2) is 4.50. The van der Waals surface area contributed by atoms with Gasteiger partial charge in [0.2, 0.25) is 0 Å². The summed E-state index contributed by atoms with van der Waals surface area (Å²) in [7, 11) is 0. The zero-order valence-corrected chi connectivity index (χ0v) is 4.97. The van der Waals surface area contributed by atoms with Crippen LogP contribution in [0.5, 0.6) is 0 Å². The molecule has 0 aliphatic rings. The molecule has 0 radical (unpaired) electrons. The third kappa shape index (κ3) is 4.78. The molecule has 0 aromatic rings. The van der Waals surface area contributed by atoms with Gasteiger partial charge in [-0.3, -0.25) is 4.79 Å². The number of hydrogen-bond acceptors (Lipinski definition) is 4. The van der Waals surface area contributed by atoms with Crippen molar-refractivity contribution < 1.29 is 14.3 Å². The second-order valence-electron chi connectivity index (χ2n) is 1.28. The molecule has 0 fully saturated rings. The van der Waals surface area contributed by atoms with Gasteiger partial charge in [-0.15, -0.1) is 5.10 Å². The topological polar surface area (TPSA) is 99.7 Å². The van der Waals surface area contributed by atoms with E-state index in [9.17, 15) is 9.18 Å². The fourth-order valence-corrected chi connectivity index (χ4v) is 0.245. The number of aliphatic carboxylic acids is 1. The summed E-state index contributed by atoms with van der Waals surface area (Å²) in [5.74, 6) is 3.39. The third-order valence-corrected chi connectivity index (χ3v) is 0.548. The summed E-state index contributed by atoms with van der Waals surface area (Å²) >= 11 is 0. The van der Waals surface area contributed by atoms with Gasteiger partial charge in [-0.1, -0.05) is 0 Å². The second-order valence-corrected chi connectivity index (χ2v) is 1.28. The zero-order valence-electron chi connectivity index (χ0n) is 4.97. The maximum atomic E-state index is 12.0. The van der Waals surface area contributed by atoms with E-state index in [1.54, 1.807) is 5.53 Å². The van der Waals surface area contributed by atoms with Gasteiger partial charge in [0.15, 0.2) is 0 Å². The number of nitrogens with zero attached hydrogens (tertiary/aromatic N) is 1. The van der Waals surface area contributed by atoms with Gasteiger partial charge in [-0.2, -0.15) is 4.39 Å². The van der Waals surface area contributed by atoms with Crippen LogP contribution in [0.25, 0.3) is 0 Å². The van der Waals surface area contributed by atoms with Crippen LogP contribution in [0.15, 0.2) is 5.10 Å². The summed E-state index contributed by atoms with van der Waals surface area (Å²) in [6.07, 6.45) is -1.06. The van der Waals surface area contributed by atoms with Crippen LogP contribution in [0.3, 0.4) is 0 Å².